The van der Waals surface area contributed by atoms with E-state index < -0.39 is 12.0 Å². The second-order valence-electron chi connectivity index (χ2n) is 5.44. The molecule has 1 unspecified atom stereocenters. The van der Waals surface area contributed by atoms with Gasteiger partial charge in [-0.05, 0) is 25.7 Å². The lowest BCUT2D eigenvalue weighted by molar-refractivity contribution is -0.141. The maximum Gasteiger partial charge on any atom is 0.326 e. The predicted octanol–water partition coefficient (Wildman–Crippen LogP) is 1.01. The molecule has 0 spiro atoms. The van der Waals surface area contributed by atoms with Gasteiger partial charge in [-0.3, -0.25) is 0 Å². The molecule has 0 saturated carbocycles. The second kappa shape index (κ2) is 6.23. The molecule has 2 atom stereocenters. The molecule has 6 nitrogen and oxygen atoms in total. The molecule has 0 bridgehead atoms. The van der Waals surface area contributed by atoms with Gasteiger partial charge in [0.1, 0.15) is 6.04 Å². The van der Waals surface area contributed by atoms with Gasteiger partial charge in [-0.15, -0.1) is 0 Å². The third-order valence-corrected chi connectivity index (χ3v) is 3.90. The molecular weight excluding hydrogens is 248 g/mol. The Balaban J connectivity index is 1.89. The summed E-state index contributed by atoms with van der Waals surface area (Å²) in [6.45, 7) is 2.68. The van der Waals surface area contributed by atoms with Crippen LogP contribution >= 0.6 is 0 Å². The Labute approximate surface area is 113 Å². The minimum Gasteiger partial charge on any atom is -0.480 e. The van der Waals surface area contributed by atoms with E-state index in [1.165, 1.54) is 4.90 Å². The summed E-state index contributed by atoms with van der Waals surface area (Å²) in [6.07, 6.45) is 3.43. The number of nitrogens with zero attached hydrogens (tertiary/aromatic N) is 2. The van der Waals surface area contributed by atoms with Crippen LogP contribution in [0.2, 0.25) is 0 Å². The molecule has 2 rings (SSSR count). The molecule has 6 heteroatoms. The van der Waals surface area contributed by atoms with Gasteiger partial charge in [0.25, 0.3) is 0 Å². The Morgan fingerprint density at radius 2 is 2.16 bits per heavy atom. The molecule has 19 heavy (non-hydrogen) atoms. The van der Waals surface area contributed by atoms with E-state index in [1.54, 1.807) is 11.9 Å². The number of aliphatic carboxylic acids is 1. The zero-order valence-electron chi connectivity index (χ0n) is 11.4. The largest absolute Gasteiger partial charge is 0.480 e. The number of hydrogen-bond donors (Lipinski definition) is 1. The Morgan fingerprint density at radius 1 is 1.37 bits per heavy atom. The highest BCUT2D eigenvalue weighted by atomic mass is 16.5. The Morgan fingerprint density at radius 3 is 2.79 bits per heavy atom. The quantitative estimate of drug-likeness (QED) is 0.831. The van der Waals surface area contributed by atoms with E-state index in [0.717, 1.165) is 25.9 Å². The van der Waals surface area contributed by atoms with Crippen LogP contribution in [-0.4, -0.2) is 66.3 Å². The molecule has 108 valence electrons. The predicted molar refractivity (Wildman–Crippen MR) is 68.9 cm³/mol. The van der Waals surface area contributed by atoms with Gasteiger partial charge in [-0.25, -0.2) is 9.59 Å². The van der Waals surface area contributed by atoms with Gasteiger partial charge in [0, 0.05) is 32.7 Å². The van der Waals surface area contributed by atoms with Gasteiger partial charge in [-0.2, -0.15) is 0 Å². The van der Waals surface area contributed by atoms with E-state index in [1.807, 2.05) is 0 Å². The van der Waals surface area contributed by atoms with E-state index in [0.29, 0.717) is 32.0 Å². The van der Waals surface area contributed by atoms with Gasteiger partial charge in [-0.1, -0.05) is 0 Å². The van der Waals surface area contributed by atoms with Crippen LogP contribution in [0.5, 0.6) is 0 Å². The number of ether oxygens (including phenoxy) is 1. The number of carboxylic acids is 1. The SMILES string of the molecule is CN(CC1CCCOC1)C(=O)N1CCC[C@@H]1C(=O)O. The molecule has 0 aromatic rings. The van der Waals surface area contributed by atoms with Crippen LogP contribution in [0.1, 0.15) is 25.7 Å². The van der Waals surface area contributed by atoms with Crippen molar-refractivity contribution in [2.24, 2.45) is 5.92 Å². The van der Waals surface area contributed by atoms with Crippen LogP contribution < -0.4 is 0 Å². The number of rotatable bonds is 3. The third-order valence-electron chi connectivity index (χ3n) is 3.90. The first-order chi connectivity index (χ1) is 9.09. The number of likely N-dealkylation sites (tertiary alicyclic amines) is 1. The minimum absolute atomic E-state index is 0.171. The van der Waals surface area contributed by atoms with Gasteiger partial charge < -0.3 is 19.6 Å². The maximum atomic E-state index is 12.3. The average molecular weight is 270 g/mol. The fraction of sp³-hybridized carbons (Fsp3) is 0.846. The third kappa shape index (κ3) is 3.37. The van der Waals surface area contributed by atoms with Gasteiger partial charge in [0.05, 0.1) is 6.61 Å². The van der Waals surface area contributed by atoms with Crippen LogP contribution in [0.25, 0.3) is 0 Å². The molecule has 1 N–H and O–H groups in total. The van der Waals surface area contributed by atoms with E-state index in [9.17, 15) is 9.59 Å². The molecule has 2 aliphatic rings. The number of carbonyl (C=O) groups is 2. The second-order valence-corrected chi connectivity index (χ2v) is 5.44. The average Bonchev–Trinajstić information content (AvgIpc) is 2.88. The summed E-state index contributed by atoms with van der Waals surface area (Å²) in [5.74, 6) is -0.533. The zero-order valence-corrected chi connectivity index (χ0v) is 11.4. The molecule has 0 aromatic heterocycles. The molecule has 2 amide bonds. The van der Waals surface area contributed by atoms with E-state index >= 15 is 0 Å². The summed E-state index contributed by atoms with van der Waals surface area (Å²) in [5, 5.41) is 9.10. The van der Waals surface area contributed by atoms with Gasteiger partial charge in [0.2, 0.25) is 0 Å². The fourth-order valence-electron chi connectivity index (χ4n) is 2.89. The Kier molecular flexibility index (Phi) is 4.63. The normalized spacial score (nSPS) is 27.3. The number of hydrogen-bond acceptors (Lipinski definition) is 3. The number of carboxylic acid groups (broad SMARTS) is 1. The highest BCUT2D eigenvalue weighted by Crippen LogP contribution is 2.20. The lowest BCUT2D eigenvalue weighted by Gasteiger charge is -2.31. The summed E-state index contributed by atoms with van der Waals surface area (Å²) in [7, 11) is 1.74. The highest BCUT2D eigenvalue weighted by molar-refractivity contribution is 5.83. The molecule has 0 aliphatic carbocycles. The lowest BCUT2D eigenvalue weighted by atomic mass is 10.0. The summed E-state index contributed by atoms with van der Waals surface area (Å²) in [5.41, 5.74) is 0. The Hall–Kier alpha value is -1.30. The highest BCUT2D eigenvalue weighted by Gasteiger charge is 2.35. The lowest BCUT2D eigenvalue weighted by Crippen LogP contribution is -2.48. The summed E-state index contributed by atoms with van der Waals surface area (Å²) >= 11 is 0. The molecular formula is C13H22N2O4. The van der Waals surface area contributed by atoms with Crippen molar-refractivity contribution in [1.29, 1.82) is 0 Å². The summed E-state index contributed by atoms with van der Waals surface area (Å²) < 4.78 is 5.40. The maximum absolute atomic E-state index is 12.3. The van der Waals surface area contributed by atoms with Crippen molar-refractivity contribution >= 4 is 12.0 Å². The van der Waals surface area contributed by atoms with E-state index in [2.05, 4.69) is 0 Å². The first kappa shape index (κ1) is 14.1. The molecule has 2 saturated heterocycles. The molecule has 2 heterocycles. The van der Waals surface area contributed by atoms with Crippen LogP contribution in [-0.2, 0) is 9.53 Å². The monoisotopic (exact) mass is 270 g/mol. The molecule has 2 fully saturated rings. The van der Waals surface area contributed by atoms with Crippen molar-refractivity contribution in [1.82, 2.24) is 9.80 Å². The van der Waals surface area contributed by atoms with Gasteiger partial charge >= 0.3 is 12.0 Å². The van der Waals surface area contributed by atoms with Crippen LogP contribution in [0.3, 0.4) is 0 Å². The first-order valence-electron chi connectivity index (χ1n) is 6.92. The van der Waals surface area contributed by atoms with Crippen LogP contribution in [0.15, 0.2) is 0 Å². The van der Waals surface area contributed by atoms with Crippen LogP contribution in [0.4, 0.5) is 4.79 Å². The summed E-state index contributed by atoms with van der Waals surface area (Å²) in [6, 6.07) is -0.826. The molecule has 0 aromatic carbocycles. The molecule has 0 radical (unpaired) electrons. The molecule has 2 aliphatic heterocycles. The smallest absolute Gasteiger partial charge is 0.326 e. The standard InChI is InChI=1S/C13H22N2O4/c1-14(8-10-4-3-7-19-9-10)13(18)15-6-2-5-11(15)12(16)17/h10-11H,2-9H2,1H3,(H,16,17)/t10?,11-/m1/s1. The minimum atomic E-state index is -0.903. The van der Waals surface area contributed by atoms with Crippen molar-refractivity contribution < 1.29 is 19.4 Å². The number of amides is 2. The Bertz CT molecular complexity index is 342. The van der Waals surface area contributed by atoms with Gasteiger partial charge in [0.15, 0.2) is 0 Å². The topological polar surface area (TPSA) is 70.1 Å². The van der Waals surface area contributed by atoms with E-state index in [-0.39, 0.29) is 6.03 Å². The van der Waals surface area contributed by atoms with E-state index in [4.69, 9.17) is 9.84 Å². The fourth-order valence-corrected chi connectivity index (χ4v) is 2.89. The van der Waals surface area contributed by atoms with Crippen LogP contribution in [0, 0.1) is 5.92 Å². The summed E-state index contributed by atoms with van der Waals surface area (Å²) in [4.78, 5) is 26.5. The van der Waals surface area contributed by atoms with Crippen molar-refractivity contribution in [2.75, 3.05) is 33.4 Å². The first-order valence-corrected chi connectivity index (χ1v) is 6.92. The zero-order chi connectivity index (χ0) is 13.8. The van der Waals surface area contributed by atoms with Crippen molar-refractivity contribution in [2.45, 2.75) is 31.7 Å². The number of carbonyl (C=O) groups excluding carboxylic acids is 1. The van der Waals surface area contributed by atoms with Crippen molar-refractivity contribution in [3.05, 3.63) is 0 Å². The van der Waals surface area contributed by atoms with Crippen molar-refractivity contribution in [3.8, 4) is 0 Å². The number of urea groups is 1. The van der Waals surface area contributed by atoms with Crippen molar-refractivity contribution in [3.63, 3.8) is 0 Å².